The first-order valence-electron chi connectivity index (χ1n) is 4.37. The summed E-state index contributed by atoms with van der Waals surface area (Å²) < 4.78 is 0. The van der Waals surface area contributed by atoms with Crippen LogP contribution in [0.4, 0.5) is 0 Å². The molecule has 0 spiro atoms. The molecular weight excluding hydrogens is 162 g/mol. The van der Waals surface area contributed by atoms with Gasteiger partial charge in [0, 0.05) is 5.56 Å². The molecule has 1 heterocycles. The lowest BCUT2D eigenvalue weighted by Crippen LogP contribution is -1.78. The van der Waals surface area contributed by atoms with Gasteiger partial charge in [0.2, 0.25) is 0 Å². The first kappa shape index (κ1) is 9.45. The van der Waals surface area contributed by atoms with E-state index in [-0.39, 0.29) is 0 Å². The molecule has 68 valence electrons. The number of H-pyrrole nitrogens is 1. The molecule has 3 heteroatoms. The predicted octanol–water partition coefficient (Wildman–Crippen LogP) is 2.50. The van der Waals surface area contributed by atoms with Crippen LogP contribution in [0.25, 0.3) is 11.4 Å². The molecule has 0 aliphatic heterocycles. The van der Waals surface area contributed by atoms with Crippen LogP contribution in [0.2, 0.25) is 0 Å². The van der Waals surface area contributed by atoms with Gasteiger partial charge < -0.3 is 0 Å². The Morgan fingerprint density at radius 3 is 2.31 bits per heavy atom. The Labute approximate surface area is 77.8 Å². The fraction of sp³-hybridized carbons (Fsp3) is 0.200. The number of hydrogen-bond donors (Lipinski definition) is 1. The molecule has 1 N–H and O–H groups in total. The van der Waals surface area contributed by atoms with Crippen LogP contribution in [0.1, 0.15) is 13.8 Å². The Morgan fingerprint density at radius 2 is 1.77 bits per heavy atom. The molecule has 2 rings (SSSR count). The lowest BCUT2D eigenvalue weighted by Gasteiger charge is -1.91. The van der Waals surface area contributed by atoms with Crippen molar-refractivity contribution in [1.82, 2.24) is 15.2 Å². The minimum Gasteiger partial charge on any atom is -0.259 e. The summed E-state index contributed by atoms with van der Waals surface area (Å²) in [7, 11) is 0. The van der Waals surface area contributed by atoms with E-state index in [1.165, 1.54) is 6.33 Å². The lowest BCUT2D eigenvalue weighted by molar-refractivity contribution is 1.10. The summed E-state index contributed by atoms with van der Waals surface area (Å²) >= 11 is 0. The molecular formula is C10H13N3. The third kappa shape index (κ3) is 2.40. The number of aromatic amines is 1. The molecule has 0 aliphatic rings. The van der Waals surface area contributed by atoms with Crippen molar-refractivity contribution >= 4 is 0 Å². The second-order valence-corrected chi connectivity index (χ2v) is 2.20. The van der Waals surface area contributed by atoms with Crippen LogP contribution in [-0.4, -0.2) is 15.2 Å². The van der Waals surface area contributed by atoms with Gasteiger partial charge >= 0.3 is 0 Å². The minimum absolute atomic E-state index is 0.811. The summed E-state index contributed by atoms with van der Waals surface area (Å²) in [5.74, 6) is 0.811. The number of hydrogen-bond acceptors (Lipinski definition) is 2. The molecule has 0 unspecified atom stereocenters. The standard InChI is InChI=1S/C8H7N3.C2H6/c1-2-4-7(5-3-1)8-9-6-10-11-8;1-2/h1-6H,(H,9,10,11);1-2H3. The van der Waals surface area contributed by atoms with Crippen molar-refractivity contribution in [3.8, 4) is 11.4 Å². The van der Waals surface area contributed by atoms with E-state index >= 15 is 0 Å². The quantitative estimate of drug-likeness (QED) is 0.723. The molecule has 3 nitrogen and oxygen atoms in total. The Kier molecular flexibility index (Phi) is 3.70. The average Bonchev–Trinajstić information content (AvgIpc) is 2.75. The average molecular weight is 175 g/mol. The third-order valence-corrected chi connectivity index (χ3v) is 1.46. The zero-order valence-corrected chi connectivity index (χ0v) is 7.86. The Bertz CT molecular complexity index is 313. The highest BCUT2D eigenvalue weighted by atomic mass is 15.2. The molecule has 1 aromatic carbocycles. The summed E-state index contributed by atoms with van der Waals surface area (Å²) in [5, 5.41) is 6.55. The van der Waals surface area contributed by atoms with E-state index in [2.05, 4.69) is 15.2 Å². The van der Waals surface area contributed by atoms with E-state index in [1.54, 1.807) is 0 Å². The van der Waals surface area contributed by atoms with Gasteiger partial charge in [0.05, 0.1) is 0 Å². The van der Waals surface area contributed by atoms with Gasteiger partial charge in [-0.2, -0.15) is 5.10 Å². The smallest absolute Gasteiger partial charge is 0.155 e. The Balaban J connectivity index is 0.000000396. The fourth-order valence-electron chi connectivity index (χ4n) is 0.941. The topological polar surface area (TPSA) is 41.6 Å². The zero-order valence-electron chi connectivity index (χ0n) is 7.86. The SMILES string of the molecule is CC.c1ccc(-c2ncn[nH]2)cc1. The largest absolute Gasteiger partial charge is 0.259 e. The van der Waals surface area contributed by atoms with Crippen molar-refractivity contribution < 1.29 is 0 Å². The summed E-state index contributed by atoms with van der Waals surface area (Å²) in [6.07, 6.45) is 1.50. The highest BCUT2D eigenvalue weighted by Crippen LogP contribution is 2.10. The molecule has 0 aliphatic carbocycles. The molecule has 0 bridgehead atoms. The minimum atomic E-state index is 0.811. The van der Waals surface area contributed by atoms with E-state index < -0.39 is 0 Å². The van der Waals surface area contributed by atoms with Crippen LogP contribution in [0.15, 0.2) is 36.7 Å². The third-order valence-electron chi connectivity index (χ3n) is 1.46. The van der Waals surface area contributed by atoms with Crippen LogP contribution in [-0.2, 0) is 0 Å². The first-order chi connectivity index (χ1) is 6.47. The van der Waals surface area contributed by atoms with Crippen LogP contribution in [0, 0.1) is 0 Å². The maximum atomic E-state index is 4.02. The second-order valence-electron chi connectivity index (χ2n) is 2.20. The number of rotatable bonds is 1. The number of nitrogens with one attached hydrogen (secondary N) is 1. The van der Waals surface area contributed by atoms with Crippen LogP contribution >= 0.6 is 0 Å². The molecule has 0 amide bonds. The maximum Gasteiger partial charge on any atom is 0.155 e. The molecule has 0 saturated heterocycles. The van der Waals surface area contributed by atoms with Gasteiger partial charge in [-0.25, -0.2) is 4.98 Å². The number of nitrogens with zero attached hydrogens (tertiary/aromatic N) is 2. The van der Waals surface area contributed by atoms with E-state index in [1.807, 2.05) is 44.2 Å². The molecule has 1 aromatic heterocycles. The van der Waals surface area contributed by atoms with Crippen LogP contribution in [0.3, 0.4) is 0 Å². The number of aromatic nitrogens is 3. The van der Waals surface area contributed by atoms with E-state index in [4.69, 9.17) is 0 Å². The lowest BCUT2D eigenvalue weighted by atomic mass is 10.2. The van der Waals surface area contributed by atoms with Gasteiger partial charge in [-0.3, -0.25) is 5.10 Å². The normalized spacial score (nSPS) is 8.77. The van der Waals surface area contributed by atoms with Crippen molar-refractivity contribution in [3.63, 3.8) is 0 Å². The summed E-state index contributed by atoms with van der Waals surface area (Å²) in [6.45, 7) is 4.00. The van der Waals surface area contributed by atoms with Crippen molar-refractivity contribution in [1.29, 1.82) is 0 Å². The van der Waals surface area contributed by atoms with Crippen molar-refractivity contribution in [3.05, 3.63) is 36.7 Å². The van der Waals surface area contributed by atoms with Crippen LogP contribution < -0.4 is 0 Å². The molecule has 0 atom stereocenters. The van der Waals surface area contributed by atoms with Gasteiger partial charge in [0.25, 0.3) is 0 Å². The molecule has 0 saturated carbocycles. The van der Waals surface area contributed by atoms with Gasteiger partial charge in [0.15, 0.2) is 5.82 Å². The Morgan fingerprint density at radius 1 is 1.08 bits per heavy atom. The predicted molar refractivity (Wildman–Crippen MR) is 53.2 cm³/mol. The van der Waals surface area contributed by atoms with Gasteiger partial charge in [0.1, 0.15) is 6.33 Å². The Hall–Kier alpha value is -1.64. The van der Waals surface area contributed by atoms with E-state index in [0.29, 0.717) is 0 Å². The van der Waals surface area contributed by atoms with Crippen molar-refractivity contribution in [2.75, 3.05) is 0 Å². The zero-order chi connectivity index (χ0) is 9.52. The van der Waals surface area contributed by atoms with Gasteiger partial charge in [-0.05, 0) is 0 Å². The molecule has 13 heavy (non-hydrogen) atoms. The van der Waals surface area contributed by atoms with Crippen LogP contribution in [0.5, 0.6) is 0 Å². The summed E-state index contributed by atoms with van der Waals surface area (Å²) in [6, 6.07) is 9.89. The monoisotopic (exact) mass is 175 g/mol. The second kappa shape index (κ2) is 5.09. The van der Waals surface area contributed by atoms with Gasteiger partial charge in [-0.15, -0.1) is 0 Å². The maximum absolute atomic E-state index is 4.02. The van der Waals surface area contributed by atoms with Gasteiger partial charge in [-0.1, -0.05) is 44.2 Å². The first-order valence-corrected chi connectivity index (χ1v) is 4.37. The molecule has 0 fully saturated rings. The van der Waals surface area contributed by atoms with Crippen molar-refractivity contribution in [2.24, 2.45) is 0 Å². The summed E-state index contributed by atoms with van der Waals surface area (Å²) in [5.41, 5.74) is 1.06. The van der Waals surface area contributed by atoms with E-state index in [0.717, 1.165) is 11.4 Å². The van der Waals surface area contributed by atoms with Crippen molar-refractivity contribution in [2.45, 2.75) is 13.8 Å². The highest BCUT2D eigenvalue weighted by molar-refractivity contribution is 5.53. The highest BCUT2D eigenvalue weighted by Gasteiger charge is 1.95. The summed E-state index contributed by atoms with van der Waals surface area (Å²) in [4.78, 5) is 4.02. The van der Waals surface area contributed by atoms with E-state index in [9.17, 15) is 0 Å². The fourth-order valence-corrected chi connectivity index (χ4v) is 0.941. The molecule has 0 radical (unpaired) electrons. The molecule has 2 aromatic rings. The number of benzene rings is 1.